The summed E-state index contributed by atoms with van der Waals surface area (Å²) in [6.07, 6.45) is 7.38. The second-order valence-corrected chi connectivity index (χ2v) is 6.52. The molecule has 0 aliphatic carbocycles. The van der Waals surface area contributed by atoms with Crippen LogP contribution in [0.15, 0.2) is 30.6 Å². The molecule has 25 heavy (non-hydrogen) atoms. The van der Waals surface area contributed by atoms with E-state index in [-0.39, 0.29) is 0 Å². The Kier molecular flexibility index (Phi) is 4.61. The molecular formula is C19H21N5O. The first-order chi connectivity index (χ1) is 11.9. The summed E-state index contributed by atoms with van der Waals surface area (Å²) in [5.74, 6) is 0.0347. The fraction of sp³-hybridized carbons (Fsp3) is 0.263. The molecule has 0 atom stereocenters. The maximum atomic E-state index is 11.0. The number of aromatic nitrogens is 4. The zero-order valence-electron chi connectivity index (χ0n) is 14.6. The molecule has 0 spiro atoms. The van der Waals surface area contributed by atoms with Crippen LogP contribution in [0.5, 0.6) is 0 Å². The van der Waals surface area contributed by atoms with Crippen molar-refractivity contribution < 1.29 is 4.79 Å². The van der Waals surface area contributed by atoms with Crippen molar-refractivity contribution in [3.63, 3.8) is 0 Å². The van der Waals surface area contributed by atoms with Crippen LogP contribution in [0.3, 0.4) is 0 Å². The molecular weight excluding hydrogens is 314 g/mol. The third kappa shape index (κ3) is 3.91. The maximum absolute atomic E-state index is 11.0. The molecule has 3 aromatic heterocycles. The minimum absolute atomic E-state index is 0.499. The lowest BCUT2D eigenvalue weighted by atomic mass is 10.0. The Bertz CT molecular complexity index is 956. The molecule has 0 saturated heterocycles. The molecule has 0 saturated carbocycles. The molecule has 3 aromatic rings. The fourth-order valence-corrected chi connectivity index (χ4v) is 2.76. The first-order valence-corrected chi connectivity index (χ1v) is 8.22. The van der Waals surface area contributed by atoms with Crippen LogP contribution < -0.4 is 5.73 Å². The van der Waals surface area contributed by atoms with E-state index in [1.165, 1.54) is 6.08 Å². The Morgan fingerprint density at radius 2 is 2.12 bits per heavy atom. The van der Waals surface area contributed by atoms with Crippen molar-refractivity contribution in [2.45, 2.75) is 27.2 Å². The predicted molar refractivity (Wildman–Crippen MR) is 98.6 cm³/mol. The summed E-state index contributed by atoms with van der Waals surface area (Å²) in [5, 5.41) is 0. The van der Waals surface area contributed by atoms with Crippen LogP contribution in [0.1, 0.15) is 30.8 Å². The summed E-state index contributed by atoms with van der Waals surface area (Å²) in [6, 6.07) is 4.07. The lowest BCUT2D eigenvalue weighted by Crippen LogP contribution is -2.05. The van der Waals surface area contributed by atoms with Gasteiger partial charge in [0.25, 0.3) is 0 Å². The Morgan fingerprint density at radius 3 is 2.84 bits per heavy atom. The second-order valence-electron chi connectivity index (χ2n) is 6.52. The van der Waals surface area contributed by atoms with E-state index in [9.17, 15) is 4.79 Å². The van der Waals surface area contributed by atoms with Gasteiger partial charge in [0, 0.05) is 34.8 Å². The smallest absolute Gasteiger partial charge is 0.241 e. The first kappa shape index (κ1) is 16.8. The van der Waals surface area contributed by atoms with Crippen molar-refractivity contribution in [3.8, 4) is 11.3 Å². The molecule has 3 N–H and O–H groups in total. The van der Waals surface area contributed by atoms with Crippen molar-refractivity contribution in [1.82, 2.24) is 19.9 Å². The lowest BCUT2D eigenvalue weighted by molar-refractivity contribution is -0.113. The van der Waals surface area contributed by atoms with E-state index in [4.69, 9.17) is 10.7 Å². The van der Waals surface area contributed by atoms with Gasteiger partial charge in [-0.05, 0) is 37.5 Å². The highest BCUT2D eigenvalue weighted by Gasteiger charge is 2.10. The molecule has 3 rings (SSSR count). The number of nitrogens with two attached hydrogens (primary N) is 1. The minimum atomic E-state index is -0.499. The quantitative estimate of drug-likeness (QED) is 0.700. The normalized spacial score (nSPS) is 11.7. The molecule has 0 radical (unpaired) electrons. The van der Waals surface area contributed by atoms with Gasteiger partial charge in [-0.1, -0.05) is 13.8 Å². The van der Waals surface area contributed by atoms with Crippen LogP contribution in [0.2, 0.25) is 0 Å². The molecule has 0 fully saturated rings. The number of nitrogens with zero attached hydrogens (tertiary/aromatic N) is 3. The molecule has 1 amide bonds. The number of H-pyrrole nitrogens is 1. The van der Waals surface area contributed by atoms with Gasteiger partial charge < -0.3 is 10.7 Å². The van der Waals surface area contributed by atoms with Gasteiger partial charge >= 0.3 is 0 Å². The van der Waals surface area contributed by atoms with Gasteiger partial charge in [0.15, 0.2) is 5.65 Å². The number of carbonyl (C=O) groups excluding carboxylic acids is 1. The van der Waals surface area contributed by atoms with Crippen molar-refractivity contribution in [1.29, 1.82) is 0 Å². The van der Waals surface area contributed by atoms with Gasteiger partial charge in [0.1, 0.15) is 5.52 Å². The largest absolute Gasteiger partial charge is 0.366 e. The van der Waals surface area contributed by atoms with E-state index in [0.717, 1.165) is 34.6 Å². The number of aryl methyl sites for hydroxylation is 1. The molecule has 128 valence electrons. The summed E-state index contributed by atoms with van der Waals surface area (Å²) in [5.41, 5.74) is 11.1. The molecule has 6 nitrogen and oxygen atoms in total. The highest BCUT2D eigenvalue weighted by Crippen LogP contribution is 2.23. The van der Waals surface area contributed by atoms with E-state index in [2.05, 4.69) is 34.9 Å². The summed E-state index contributed by atoms with van der Waals surface area (Å²) in [4.78, 5) is 27.8. The number of rotatable bonds is 5. The fourth-order valence-electron chi connectivity index (χ4n) is 2.76. The Hall–Kier alpha value is -3.02. The number of primary amides is 1. The zero-order valence-corrected chi connectivity index (χ0v) is 14.6. The number of hydrogen-bond acceptors (Lipinski definition) is 4. The van der Waals surface area contributed by atoms with Gasteiger partial charge in [-0.3, -0.25) is 9.78 Å². The first-order valence-electron chi connectivity index (χ1n) is 8.22. The van der Waals surface area contributed by atoms with E-state index < -0.39 is 5.91 Å². The SMILES string of the molecule is Cc1cc(-c2cnc3[nH]cc(/C=C/C(N)=O)c3n2)cc(CC(C)C)n1. The van der Waals surface area contributed by atoms with Crippen LogP contribution in [0.4, 0.5) is 0 Å². The Morgan fingerprint density at radius 1 is 1.32 bits per heavy atom. The number of nitrogens with one attached hydrogen (secondary N) is 1. The van der Waals surface area contributed by atoms with Crippen LogP contribution >= 0.6 is 0 Å². The number of pyridine rings is 1. The molecule has 3 heterocycles. The van der Waals surface area contributed by atoms with Crippen molar-refractivity contribution in [2.24, 2.45) is 11.7 Å². The zero-order chi connectivity index (χ0) is 18.0. The average molecular weight is 335 g/mol. The van der Waals surface area contributed by atoms with Crippen LogP contribution in [-0.2, 0) is 11.2 Å². The summed E-state index contributed by atoms with van der Waals surface area (Å²) in [6.45, 7) is 6.33. The molecule has 6 heteroatoms. The number of carbonyl (C=O) groups is 1. The van der Waals surface area contributed by atoms with Gasteiger partial charge in [0.2, 0.25) is 5.91 Å². The number of fused-ring (bicyclic) bond motifs is 1. The van der Waals surface area contributed by atoms with E-state index in [1.807, 2.05) is 13.0 Å². The summed E-state index contributed by atoms with van der Waals surface area (Å²) >= 11 is 0. The summed E-state index contributed by atoms with van der Waals surface area (Å²) in [7, 11) is 0. The molecule has 0 bridgehead atoms. The van der Waals surface area contributed by atoms with E-state index >= 15 is 0 Å². The number of aromatic amines is 1. The third-order valence-corrected chi connectivity index (χ3v) is 3.76. The van der Waals surface area contributed by atoms with Gasteiger partial charge in [-0.15, -0.1) is 0 Å². The van der Waals surface area contributed by atoms with Gasteiger partial charge in [0.05, 0.1) is 11.9 Å². The Balaban J connectivity index is 2.05. The van der Waals surface area contributed by atoms with Gasteiger partial charge in [-0.2, -0.15) is 0 Å². The number of amides is 1. The highest BCUT2D eigenvalue weighted by atomic mass is 16.1. The number of hydrogen-bond donors (Lipinski definition) is 2. The third-order valence-electron chi connectivity index (χ3n) is 3.76. The molecule has 0 aromatic carbocycles. The van der Waals surface area contributed by atoms with Crippen molar-refractivity contribution in [2.75, 3.05) is 0 Å². The highest BCUT2D eigenvalue weighted by molar-refractivity contribution is 5.93. The predicted octanol–water partition coefficient (Wildman–Crippen LogP) is 3.03. The van der Waals surface area contributed by atoms with Gasteiger partial charge in [-0.25, -0.2) is 9.97 Å². The Labute approximate surface area is 146 Å². The van der Waals surface area contributed by atoms with Crippen LogP contribution in [0, 0.1) is 12.8 Å². The monoisotopic (exact) mass is 335 g/mol. The van der Waals surface area contributed by atoms with Crippen molar-refractivity contribution >= 4 is 23.1 Å². The standard InChI is InChI=1S/C19H21N5O/c1-11(2)6-15-8-14(7-12(3)23-15)16-10-22-19-18(24-16)13(9-21-19)4-5-17(20)25/h4-5,7-11H,6H2,1-3H3,(H2,20,25)(H,21,22)/b5-4+. The molecule has 0 aliphatic rings. The lowest BCUT2D eigenvalue weighted by Gasteiger charge is -2.08. The van der Waals surface area contributed by atoms with Crippen molar-refractivity contribution in [3.05, 3.63) is 47.6 Å². The topological polar surface area (TPSA) is 97.6 Å². The summed E-state index contributed by atoms with van der Waals surface area (Å²) < 4.78 is 0. The minimum Gasteiger partial charge on any atom is -0.366 e. The maximum Gasteiger partial charge on any atom is 0.241 e. The average Bonchev–Trinajstić information content (AvgIpc) is 2.94. The van der Waals surface area contributed by atoms with E-state index in [1.54, 1.807) is 18.5 Å². The molecule has 0 aliphatic heterocycles. The van der Waals surface area contributed by atoms with E-state index in [0.29, 0.717) is 17.1 Å². The van der Waals surface area contributed by atoms with Crippen LogP contribution in [0.25, 0.3) is 28.5 Å². The molecule has 0 unspecified atom stereocenters. The van der Waals surface area contributed by atoms with Crippen LogP contribution in [-0.4, -0.2) is 25.8 Å². The second kappa shape index (κ2) is 6.84.